The lowest BCUT2D eigenvalue weighted by Gasteiger charge is -2.33. The van der Waals surface area contributed by atoms with Crippen molar-refractivity contribution in [2.24, 2.45) is 0 Å². The van der Waals surface area contributed by atoms with Gasteiger partial charge in [0.15, 0.2) is 0 Å². The average molecular weight is 492 g/mol. The Kier molecular flexibility index (Phi) is 10.0. The van der Waals surface area contributed by atoms with E-state index in [2.05, 4.69) is 5.32 Å². The maximum Gasteiger partial charge on any atom is 0.244 e. The van der Waals surface area contributed by atoms with Gasteiger partial charge in [-0.1, -0.05) is 44.2 Å². The van der Waals surface area contributed by atoms with Gasteiger partial charge in [0.2, 0.25) is 21.8 Å². The molecule has 0 aliphatic heterocycles. The fourth-order valence-corrected chi connectivity index (χ4v) is 4.41. The Hall–Kier alpha value is -2.94. The Bertz CT molecular complexity index is 1050. The first-order valence-electron chi connectivity index (χ1n) is 11.4. The molecule has 2 unspecified atom stereocenters. The summed E-state index contributed by atoms with van der Waals surface area (Å²) in [5.41, 5.74) is 1.17. The second-order valence-corrected chi connectivity index (χ2v) is 10.2. The van der Waals surface area contributed by atoms with E-state index in [1.54, 1.807) is 0 Å². The molecule has 0 saturated carbocycles. The van der Waals surface area contributed by atoms with Gasteiger partial charge < -0.3 is 10.2 Å². The van der Waals surface area contributed by atoms with Crippen LogP contribution in [0.1, 0.15) is 39.2 Å². The first-order chi connectivity index (χ1) is 16.1. The van der Waals surface area contributed by atoms with Crippen LogP contribution in [0, 0.1) is 5.82 Å². The first-order valence-corrected chi connectivity index (χ1v) is 13.3. The molecule has 2 rings (SSSR count). The molecule has 0 spiro atoms. The second kappa shape index (κ2) is 12.5. The van der Waals surface area contributed by atoms with Gasteiger partial charge >= 0.3 is 0 Å². The number of carbonyl (C=O) groups excluding carboxylic acids is 2. The van der Waals surface area contributed by atoms with Crippen molar-refractivity contribution in [3.8, 4) is 0 Å². The van der Waals surface area contributed by atoms with E-state index in [9.17, 15) is 22.4 Å². The third kappa shape index (κ3) is 7.83. The smallest absolute Gasteiger partial charge is 0.244 e. The van der Waals surface area contributed by atoms with Crippen LogP contribution < -0.4 is 9.62 Å². The molecule has 2 atom stereocenters. The number of hydrogen-bond acceptors (Lipinski definition) is 4. The van der Waals surface area contributed by atoms with Crippen molar-refractivity contribution < 1.29 is 22.4 Å². The quantitative estimate of drug-likeness (QED) is 0.493. The van der Waals surface area contributed by atoms with Gasteiger partial charge in [-0.05, 0) is 56.0 Å². The number of benzene rings is 2. The van der Waals surface area contributed by atoms with Crippen molar-refractivity contribution >= 4 is 27.5 Å². The Morgan fingerprint density at radius 1 is 1.00 bits per heavy atom. The molecule has 0 radical (unpaired) electrons. The van der Waals surface area contributed by atoms with Gasteiger partial charge in [0.05, 0.1) is 11.9 Å². The van der Waals surface area contributed by atoms with E-state index in [1.807, 2.05) is 51.1 Å². The highest BCUT2D eigenvalue weighted by Crippen LogP contribution is 2.19. The molecular weight excluding hydrogens is 457 g/mol. The summed E-state index contributed by atoms with van der Waals surface area (Å²) in [6, 6.07) is 13.7. The molecule has 186 valence electrons. The van der Waals surface area contributed by atoms with E-state index in [-0.39, 0.29) is 24.2 Å². The number of amides is 2. The summed E-state index contributed by atoms with van der Waals surface area (Å²) < 4.78 is 39.3. The van der Waals surface area contributed by atoms with Crippen molar-refractivity contribution in [1.29, 1.82) is 0 Å². The largest absolute Gasteiger partial charge is 0.352 e. The number of hydrogen-bond donors (Lipinski definition) is 1. The van der Waals surface area contributed by atoms with Crippen LogP contribution in [0.5, 0.6) is 0 Å². The number of anilines is 1. The maximum atomic E-state index is 13.5. The molecule has 34 heavy (non-hydrogen) atoms. The second-order valence-electron chi connectivity index (χ2n) is 8.31. The molecule has 2 amide bonds. The Morgan fingerprint density at radius 3 is 2.15 bits per heavy atom. The predicted octanol–water partition coefficient (Wildman–Crippen LogP) is 3.36. The minimum atomic E-state index is -3.84. The fraction of sp³-hybridized carbons (Fsp3) is 0.440. The van der Waals surface area contributed by atoms with Crippen LogP contribution in [0.4, 0.5) is 10.1 Å². The van der Waals surface area contributed by atoms with Crippen LogP contribution in [-0.4, -0.2) is 56.6 Å². The minimum absolute atomic E-state index is 0.0561. The molecule has 0 heterocycles. The molecule has 2 aromatic rings. The van der Waals surface area contributed by atoms with Crippen molar-refractivity contribution in [3.63, 3.8) is 0 Å². The molecule has 1 N–H and O–H groups in total. The Balaban J connectivity index is 2.34. The number of carbonyl (C=O) groups is 2. The average Bonchev–Trinajstić information content (AvgIpc) is 2.80. The normalized spacial score (nSPS) is 13.1. The van der Waals surface area contributed by atoms with Crippen molar-refractivity contribution in [3.05, 3.63) is 66.0 Å². The molecule has 0 aliphatic rings. The highest BCUT2D eigenvalue weighted by Gasteiger charge is 2.31. The third-order valence-corrected chi connectivity index (χ3v) is 6.81. The predicted molar refractivity (Wildman–Crippen MR) is 132 cm³/mol. The topological polar surface area (TPSA) is 86.8 Å². The number of nitrogens with one attached hydrogen (secondary N) is 1. The zero-order valence-corrected chi connectivity index (χ0v) is 21.0. The van der Waals surface area contributed by atoms with Gasteiger partial charge in [0, 0.05) is 12.6 Å². The Morgan fingerprint density at radius 2 is 1.62 bits per heavy atom. The van der Waals surface area contributed by atoms with E-state index in [4.69, 9.17) is 0 Å². The minimum Gasteiger partial charge on any atom is -0.352 e. The fourth-order valence-electron chi connectivity index (χ4n) is 3.56. The van der Waals surface area contributed by atoms with Crippen molar-refractivity contribution in [2.75, 3.05) is 23.7 Å². The summed E-state index contributed by atoms with van der Waals surface area (Å²) in [5, 5.41) is 2.93. The van der Waals surface area contributed by atoms with Crippen LogP contribution in [0.25, 0.3) is 0 Å². The molecular formula is C25H34FN3O4S. The molecule has 7 nitrogen and oxygen atoms in total. The number of nitrogens with zero attached hydrogens (tertiary/aromatic N) is 2. The van der Waals surface area contributed by atoms with Gasteiger partial charge in [-0.15, -0.1) is 0 Å². The number of halogens is 1. The van der Waals surface area contributed by atoms with Crippen molar-refractivity contribution in [1.82, 2.24) is 10.2 Å². The van der Waals surface area contributed by atoms with Crippen LogP contribution in [0.3, 0.4) is 0 Å². The molecule has 0 aliphatic carbocycles. The number of rotatable bonds is 12. The van der Waals surface area contributed by atoms with Crippen molar-refractivity contribution in [2.45, 2.75) is 52.1 Å². The highest BCUT2D eigenvalue weighted by molar-refractivity contribution is 7.92. The molecule has 0 fully saturated rings. The van der Waals surface area contributed by atoms with Crippen LogP contribution in [-0.2, 0) is 26.0 Å². The van der Waals surface area contributed by atoms with E-state index in [1.165, 1.54) is 17.0 Å². The van der Waals surface area contributed by atoms with E-state index in [0.29, 0.717) is 12.8 Å². The molecule has 2 aromatic carbocycles. The van der Waals surface area contributed by atoms with Gasteiger partial charge in [-0.3, -0.25) is 13.9 Å². The van der Waals surface area contributed by atoms with Gasteiger partial charge in [-0.2, -0.15) is 0 Å². The zero-order chi connectivity index (χ0) is 25.3. The van der Waals surface area contributed by atoms with E-state index in [0.717, 1.165) is 34.7 Å². The van der Waals surface area contributed by atoms with Gasteiger partial charge in [0.25, 0.3) is 0 Å². The van der Waals surface area contributed by atoms with Crippen LogP contribution >= 0.6 is 0 Å². The summed E-state index contributed by atoms with van der Waals surface area (Å²) in [4.78, 5) is 28.0. The van der Waals surface area contributed by atoms with E-state index < -0.39 is 34.3 Å². The molecule has 0 aromatic heterocycles. The SMILES string of the molecule is CCC(C)NC(=O)C(CC)N(CCc1ccccc1)C(=O)CN(c1ccc(F)cc1)S(C)(=O)=O. The van der Waals surface area contributed by atoms with Gasteiger partial charge in [0.1, 0.15) is 18.4 Å². The van der Waals surface area contributed by atoms with Gasteiger partial charge in [-0.25, -0.2) is 12.8 Å². The highest BCUT2D eigenvalue weighted by atomic mass is 32.2. The maximum absolute atomic E-state index is 13.5. The molecule has 9 heteroatoms. The first kappa shape index (κ1) is 27.3. The third-order valence-electron chi connectivity index (χ3n) is 5.66. The number of sulfonamides is 1. The lowest BCUT2D eigenvalue weighted by molar-refractivity contribution is -0.139. The molecule has 0 bridgehead atoms. The standard InChI is InChI=1S/C25H34FN3O4S/c1-5-19(3)27-25(31)23(6-2)28(17-16-20-10-8-7-9-11-20)24(30)18-29(34(4,32)33)22-14-12-21(26)13-15-22/h7-15,19,23H,5-6,16-18H2,1-4H3,(H,27,31). The summed E-state index contributed by atoms with van der Waals surface area (Å²) in [7, 11) is -3.84. The van der Waals surface area contributed by atoms with Crippen LogP contribution in [0.15, 0.2) is 54.6 Å². The van der Waals surface area contributed by atoms with Crippen LogP contribution in [0.2, 0.25) is 0 Å². The van der Waals surface area contributed by atoms with E-state index >= 15 is 0 Å². The zero-order valence-electron chi connectivity index (χ0n) is 20.2. The summed E-state index contributed by atoms with van der Waals surface area (Å²) in [6.45, 7) is 5.41. The monoisotopic (exact) mass is 491 g/mol. The molecule has 0 saturated heterocycles. The summed E-state index contributed by atoms with van der Waals surface area (Å²) >= 11 is 0. The summed E-state index contributed by atoms with van der Waals surface area (Å²) in [5.74, 6) is -1.29. The lowest BCUT2D eigenvalue weighted by Crippen LogP contribution is -2.54. The lowest BCUT2D eigenvalue weighted by atomic mass is 10.1. The Labute approximate surface area is 202 Å². The summed E-state index contributed by atoms with van der Waals surface area (Å²) in [6.07, 6.45) is 2.62.